The molecule has 126 valence electrons. The smallest absolute Gasteiger partial charge is 0.410 e. The van der Waals surface area contributed by atoms with Crippen LogP contribution in [-0.2, 0) is 20.8 Å². The molecule has 1 unspecified atom stereocenters. The third kappa shape index (κ3) is 6.55. The summed E-state index contributed by atoms with van der Waals surface area (Å²) in [4.78, 5) is 25.4. The van der Waals surface area contributed by atoms with E-state index in [1.54, 1.807) is 6.08 Å². The lowest BCUT2D eigenvalue weighted by Crippen LogP contribution is -2.34. The zero-order valence-electron chi connectivity index (χ0n) is 15.3. The Morgan fingerprint density at radius 2 is 1.78 bits per heavy atom. The molecule has 0 radical (unpaired) electrons. The van der Waals surface area contributed by atoms with Crippen LogP contribution >= 0.6 is 0 Å². The van der Waals surface area contributed by atoms with Gasteiger partial charge in [-0.15, -0.1) is 0 Å². The molecule has 1 aromatic carbocycles. The van der Waals surface area contributed by atoms with Crippen molar-refractivity contribution in [2.75, 3.05) is 20.7 Å². The van der Waals surface area contributed by atoms with Crippen molar-refractivity contribution < 1.29 is 20.4 Å². The van der Waals surface area contributed by atoms with Gasteiger partial charge in [-0.2, -0.15) is 0 Å². The van der Waals surface area contributed by atoms with E-state index in [1.165, 1.54) is 19.1 Å². The lowest BCUT2D eigenvalue weighted by Gasteiger charge is -2.23. The second-order valence-corrected chi connectivity index (χ2v) is 6.17. The molecule has 0 N–H and O–H groups in total. The van der Waals surface area contributed by atoms with Gasteiger partial charge in [0, 0.05) is 6.54 Å². The number of allylic oxidation sites excluding steroid dienone is 1. The predicted octanol–water partition coefficient (Wildman–Crippen LogP) is 3.40. The first-order valence-electron chi connectivity index (χ1n) is 7.89. The lowest BCUT2D eigenvalue weighted by atomic mass is 9.93. The predicted molar refractivity (Wildman–Crippen MR) is 88.8 cm³/mol. The van der Waals surface area contributed by atoms with Crippen molar-refractivity contribution in [1.29, 1.82) is 0 Å². The number of nitrogens with zero attached hydrogens (tertiary/aromatic N) is 1. The number of ether oxygens (including phenoxy) is 2. The molecular weight excluding hydrogens is 294 g/mol. The van der Waals surface area contributed by atoms with Crippen LogP contribution in [0.3, 0.4) is 0 Å². The molecule has 0 spiro atoms. The number of methoxy groups -OCH3 is 2. The van der Waals surface area contributed by atoms with E-state index in [1.807, 2.05) is 51.1 Å². The molecule has 0 saturated heterocycles. The summed E-state index contributed by atoms with van der Waals surface area (Å²) in [6.07, 6.45) is 0.972. The van der Waals surface area contributed by atoms with Crippen LogP contribution in [0.2, 0.25) is 0 Å². The summed E-state index contributed by atoms with van der Waals surface area (Å²) >= 11 is 0. The van der Waals surface area contributed by atoms with Crippen molar-refractivity contribution in [2.45, 2.75) is 27.3 Å². The standard InChI is InChI=1S/C18H25NO4/c1-18(2,3)11-15(16(20)22-4)13-19(17(21)23-5)12-14-9-7-6-8-10-14/h6-11H,12-13H2,1-5H3/i13D. The van der Waals surface area contributed by atoms with Crippen molar-refractivity contribution in [3.8, 4) is 0 Å². The van der Waals surface area contributed by atoms with Gasteiger partial charge in [0.1, 0.15) is 0 Å². The minimum absolute atomic E-state index is 0.103. The third-order valence-electron chi connectivity index (χ3n) is 2.91. The SMILES string of the molecule is [2H]C(C(=CC(C)(C)C)C(=O)OC)N(Cc1ccccc1)C(=O)OC. The van der Waals surface area contributed by atoms with Gasteiger partial charge in [0.25, 0.3) is 0 Å². The normalized spacial score (nSPS) is 13.8. The quantitative estimate of drug-likeness (QED) is 0.616. The molecule has 0 aromatic heterocycles. The first-order chi connectivity index (χ1) is 11.2. The van der Waals surface area contributed by atoms with Gasteiger partial charge in [-0.3, -0.25) is 4.90 Å². The Hall–Kier alpha value is -2.30. The molecule has 0 aliphatic carbocycles. The highest BCUT2D eigenvalue weighted by Gasteiger charge is 2.22. The van der Waals surface area contributed by atoms with Gasteiger partial charge < -0.3 is 9.47 Å². The fourth-order valence-corrected chi connectivity index (χ4v) is 1.96. The lowest BCUT2D eigenvalue weighted by molar-refractivity contribution is -0.136. The largest absolute Gasteiger partial charge is 0.466 e. The zero-order valence-corrected chi connectivity index (χ0v) is 14.3. The van der Waals surface area contributed by atoms with Gasteiger partial charge in [0.05, 0.1) is 27.7 Å². The van der Waals surface area contributed by atoms with E-state index in [-0.39, 0.29) is 17.5 Å². The van der Waals surface area contributed by atoms with Crippen molar-refractivity contribution in [3.63, 3.8) is 0 Å². The fraction of sp³-hybridized carbons (Fsp3) is 0.444. The molecule has 0 aliphatic heterocycles. The molecule has 1 atom stereocenters. The minimum Gasteiger partial charge on any atom is -0.466 e. The van der Waals surface area contributed by atoms with Crippen LogP contribution in [-0.4, -0.2) is 37.7 Å². The van der Waals surface area contributed by atoms with Gasteiger partial charge in [-0.1, -0.05) is 57.2 Å². The Bertz CT molecular complexity index is 593. The molecular formula is C18H25NO4. The van der Waals surface area contributed by atoms with E-state index in [4.69, 9.17) is 10.8 Å². The molecule has 0 fully saturated rings. The maximum Gasteiger partial charge on any atom is 0.410 e. The summed E-state index contributed by atoms with van der Waals surface area (Å²) in [6.45, 7) is 4.64. The van der Waals surface area contributed by atoms with Crippen LogP contribution in [0.25, 0.3) is 0 Å². The molecule has 23 heavy (non-hydrogen) atoms. The van der Waals surface area contributed by atoms with Crippen LogP contribution < -0.4 is 0 Å². The molecule has 1 aromatic rings. The molecule has 0 heterocycles. The Morgan fingerprint density at radius 3 is 2.26 bits per heavy atom. The summed E-state index contributed by atoms with van der Waals surface area (Å²) in [5.74, 6) is -0.633. The average molecular weight is 320 g/mol. The van der Waals surface area contributed by atoms with Crippen LogP contribution in [0, 0.1) is 5.41 Å². The second kappa shape index (κ2) is 8.36. The Morgan fingerprint density at radius 1 is 1.17 bits per heavy atom. The molecule has 5 heteroatoms. The van der Waals surface area contributed by atoms with E-state index in [0.29, 0.717) is 0 Å². The van der Waals surface area contributed by atoms with Crippen LogP contribution in [0.4, 0.5) is 4.79 Å². The Balaban J connectivity index is 3.21. The van der Waals surface area contributed by atoms with E-state index in [2.05, 4.69) is 0 Å². The maximum absolute atomic E-state index is 12.1. The first-order valence-corrected chi connectivity index (χ1v) is 7.31. The summed E-state index contributed by atoms with van der Waals surface area (Å²) in [6, 6.07) is 9.23. The fourth-order valence-electron chi connectivity index (χ4n) is 1.96. The number of rotatable bonds is 5. The van der Waals surface area contributed by atoms with E-state index >= 15 is 0 Å². The van der Waals surface area contributed by atoms with Gasteiger partial charge in [-0.25, -0.2) is 9.59 Å². The second-order valence-electron chi connectivity index (χ2n) is 6.17. The minimum atomic E-state index is -1.23. The van der Waals surface area contributed by atoms with Gasteiger partial charge in [0.15, 0.2) is 0 Å². The molecule has 0 bridgehead atoms. The van der Waals surface area contributed by atoms with E-state index in [9.17, 15) is 9.59 Å². The summed E-state index contributed by atoms with van der Waals surface area (Å²) < 4.78 is 18.0. The van der Waals surface area contributed by atoms with Crippen LogP contribution in [0.5, 0.6) is 0 Å². The number of carbonyl (C=O) groups excluding carboxylic acids is 2. The highest BCUT2D eigenvalue weighted by atomic mass is 16.5. The van der Waals surface area contributed by atoms with Crippen molar-refractivity contribution in [3.05, 3.63) is 47.5 Å². The van der Waals surface area contributed by atoms with Gasteiger partial charge in [0.2, 0.25) is 0 Å². The van der Waals surface area contributed by atoms with Crippen LogP contribution in [0.15, 0.2) is 42.0 Å². The number of hydrogen-bond acceptors (Lipinski definition) is 4. The van der Waals surface area contributed by atoms with Crippen LogP contribution in [0.1, 0.15) is 27.7 Å². The van der Waals surface area contributed by atoms with E-state index < -0.39 is 18.6 Å². The Kier molecular flexibility index (Phi) is 6.20. The zero-order chi connectivity index (χ0) is 18.3. The molecule has 5 nitrogen and oxygen atoms in total. The number of benzene rings is 1. The summed E-state index contributed by atoms with van der Waals surface area (Å²) in [7, 11) is 2.50. The van der Waals surface area contributed by atoms with Crippen molar-refractivity contribution >= 4 is 12.1 Å². The average Bonchev–Trinajstić information content (AvgIpc) is 2.55. The maximum atomic E-state index is 12.1. The topological polar surface area (TPSA) is 55.8 Å². The van der Waals surface area contributed by atoms with Gasteiger partial charge >= 0.3 is 12.1 Å². The summed E-state index contributed by atoms with van der Waals surface area (Å²) in [5, 5.41) is 0. The highest BCUT2D eigenvalue weighted by Crippen LogP contribution is 2.20. The Labute approximate surface area is 139 Å². The first kappa shape index (κ1) is 17.1. The number of esters is 1. The van der Waals surface area contributed by atoms with E-state index in [0.717, 1.165) is 5.56 Å². The van der Waals surface area contributed by atoms with Crippen molar-refractivity contribution in [2.24, 2.45) is 5.41 Å². The number of hydrogen-bond donors (Lipinski definition) is 0. The summed E-state index contributed by atoms with van der Waals surface area (Å²) in [5.41, 5.74) is 0.587. The third-order valence-corrected chi connectivity index (χ3v) is 2.91. The molecule has 1 amide bonds. The van der Waals surface area contributed by atoms with Gasteiger partial charge in [-0.05, 0) is 11.0 Å². The molecule has 1 rings (SSSR count). The monoisotopic (exact) mass is 320 g/mol. The number of carbonyl (C=O) groups is 2. The molecule has 0 aliphatic rings. The highest BCUT2D eigenvalue weighted by molar-refractivity contribution is 5.89. The molecule has 0 saturated carbocycles. The van der Waals surface area contributed by atoms with Crippen molar-refractivity contribution in [1.82, 2.24) is 4.90 Å². The number of amides is 1.